The number of rotatable bonds is 9. The van der Waals surface area contributed by atoms with E-state index in [2.05, 4.69) is 35.9 Å². The second kappa shape index (κ2) is 8.89. The van der Waals surface area contributed by atoms with Crippen molar-refractivity contribution in [3.05, 3.63) is 48.2 Å². The molecule has 0 saturated carbocycles. The number of benzene rings is 1. The number of carbonyl (C=O) groups is 1. The summed E-state index contributed by atoms with van der Waals surface area (Å²) in [6.45, 7) is 8.16. The van der Waals surface area contributed by atoms with Gasteiger partial charge in [-0.05, 0) is 49.1 Å². The highest BCUT2D eigenvalue weighted by molar-refractivity contribution is 5.76. The predicted molar refractivity (Wildman–Crippen MR) is 107 cm³/mol. The molecule has 0 bridgehead atoms. The maximum Gasteiger partial charge on any atom is 0.137 e. The van der Waals surface area contributed by atoms with E-state index < -0.39 is 0 Å². The molecule has 1 saturated heterocycles. The Labute approximate surface area is 161 Å². The summed E-state index contributed by atoms with van der Waals surface area (Å²) in [7, 11) is 0. The lowest BCUT2D eigenvalue weighted by Gasteiger charge is -2.39. The van der Waals surface area contributed by atoms with Gasteiger partial charge in [-0.15, -0.1) is 0 Å². The van der Waals surface area contributed by atoms with Crippen molar-refractivity contribution in [2.24, 2.45) is 0 Å². The molecule has 1 atom stereocenters. The van der Waals surface area contributed by atoms with E-state index in [9.17, 15) is 4.79 Å². The molecule has 1 aromatic heterocycles. The predicted octanol–water partition coefficient (Wildman–Crippen LogP) is 4.22. The maximum atomic E-state index is 11.3. The first-order valence-electron chi connectivity index (χ1n) is 9.65. The molecule has 0 unspecified atom stereocenters. The third-order valence-corrected chi connectivity index (χ3v) is 4.71. The fourth-order valence-corrected chi connectivity index (χ4v) is 3.18. The Balaban J connectivity index is 1.46. The second-order valence-electron chi connectivity index (χ2n) is 7.22. The molecule has 1 aliphatic rings. The van der Waals surface area contributed by atoms with Crippen LogP contribution in [0, 0.1) is 0 Å². The van der Waals surface area contributed by atoms with Gasteiger partial charge in [0, 0.05) is 6.42 Å². The van der Waals surface area contributed by atoms with Crippen molar-refractivity contribution in [1.82, 2.24) is 4.98 Å². The molecule has 1 aliphatic heterocycles. The van der Waals surface area contributed by atoms with E-state index in [1.165, 1.54) is 5.56 Å². The third-order valence-electron chi connectivity index (χ3n) is 4.71. The summed E-state index contributed by atoms with van der Waals surface area (Å²) in [5, 5.41) is 0. The van der Waals surface area contributed by atoms with Crippen molar-refractivity contribution >= 4 is 11.6 Å². The molecular formula is C22H28N2O3. The zero-order chi connectivity index (χ0) is 19.2. The molecule has 3 rings (SSSR count). The second-order valence-corrected chi connectivity index (χ2v) is 7.22. The molecule has 1 fully saturated rings. The molecule has 5 nitrogen and oxygen atoms in total. The van der Waals surface area contributed by atoms with Crippen LogP contribution in [0.5, 0.6) is 11.5 Å². The van der Waals surface area contributed by atoms with Crippen LogP contribution in [-0.2, 0) is 4.79 Å². The molecular weight excluding hydrogens is 340 g/mol. The zero-order valence-corrected chi connectivity index (χ0v) is 16.4. The first-order chi connectivity index (χ1) is 13.0. The Morgan fingerprint density at radius 3 is 2.48 bits per heavy atom. The fraction of sp³-hybridized carbons (Fsp3) is 0.455. The van der Waals surface area contributed by atoms with Crippen LogP contribution < -0.4 is 14.4 Å². The van der Waals surface area contributed by atoms with E-state index in [-0.39, 0.29) is 17.8 Å². The normalized spacial score (nSPS) is 15.1. The van der Waals surface area contributed by atoms with Gasteiger partial charge >= 0.3 is 0 Å². The fourth-order valence-electron chi connectivity index (χ4n) is 3.18. The van der Waals surface area contributed by atoms with Crippen molar-refractivity contribution in [1.29, 1.82) is 0 Å². The van der Waals surface area contributed by atoms with Gasteiger partial charge in [-0.1, -0.05) is 26.0 Å². The Bertz CT molecular complexity index is 737. The van der Waals surface area contributed by atoms with Gasteiger partial charge in [-0.2, -0.15) is 0 Å². The van der Waals surface area contributed by atoms with Gasteiger partial charge < -0.3 is 19.2 Å². The molecule has 0 N–H and O–H groups in total. The smallest absolute Gasteiger partial charge is 0.137 e. The van der Waals surface area contributed by atoms with Crippen LogP contribution in [0.3, 0.4) is 0 Å². The Morgan fingerprint density at radius 1 is 1.19 bits per heavy atom. The monoisotopic (exact) mass is 368 g/mol. The average Bonchev–Trinajstić information content (AvgIpc) is 2.63. The molecule has 1 aromatic carbocycles. The highest BCUT2D eigenvalue weighted by atomic mass is 16.5. The van der Waals surface area contributed by atoms with Gasteiger partial charge in [0.15, 0.2) is 0 Å². The number of ketones is 1. The summed E-state index contributed by atoms with van der Waals surface area (Å²) in [6.07, 6.45) is 3.51. The molecule has 0 amide bonds. The number of hydrogen-bond acceptors (Lipinski definition) is 5. The first kappa shape index (κ1) is 19.2. The molecule has 0 radical (unpaired) electrons. The van der Waals surface area contributed by atoms with Crippen LogP contribution in [0.2, 0.25) is 0 Å². The molecule has 2 aromatic rings. The number of aromatic nitrogens is 1. The largest absolute Gasteiger partial charge is 0.492 e. The Morgan fingerprint density at radius 2 is 1.89 bits per heavy atom. The number of carbonyl (C=O) groups excluding carboxylic acids is 1. The topological polar surface area (TPSA) is 51.7 Å². The summed E-state index contributed by atoms with van der Waals surface area (Å²) < 4.78 is 11.6. The van der Waals surface area contributed by atoms with Gasteiger partial charge in [0.2, 0.25) is 0 Å². The molecule has 2 heterocycles. The van der Waals surface area contributed by atoms with E-state index in [0.717, 1.165) is 36.8 Å². The van der Waals surface area contributed by atoms with Gasteiger partial charge in [-0.25, -0.2) is 4.98 Å². The minimum atomic E-state index is 0.170. The summed E-state index contributed by atoms with van der Waals surface area (Å²) >= 11 is 0. The lowest BCUT2D eigenvalue weighted by molar-refractivity contribution is -0.117. The minimum absolute atomic E-state index is 0.170. The summed E-state index contributed by atoms with van der Waals surface area (Å²) in [5.41, 5.74) is 1.17. The minimum Gasteiger partial charge on any atom is -0.492 e. The van der Waals surface area contributed by atoms with E-state index >= 15 is 0 Å². The zero-order valence-electron chi connectivity index (χ0n) is 16.4. The molecule has 5 heteroatoms. The summed E-state index contributed by atoms with van der Waals surface area (Å²) in [4.78, 5) is 17.9. The van der Waals surface area contributed by atoms with Gasteiger partial charge in [0.05, 0.1) is 25.9 Å². The standard InChI is InChI=1S/C22H28N2O3/c1-4-11-26-20-9-10-22(23-13-20)24-14-21(15-24)27-19-7-5-18(6-8-19)16(2)12-17(3)25/h5-10,13,16,21H,4,11-12,14-15H2,1-3H3/t16-/m1/s1. The summed E-state index contributed by atoms with van der Waals surface area (Å²) in [5.74, 6) is 3.09. The van der Waals surface area contributed by atoms with Crippen molar-refractivity contribution in [2.75, 3.05) is 24.6 Å². The van der Waals surface area contributed by atoms with Crippen LogP contribution in [0.4, 0.5) is 5.82 Å². The van der Waals surface area contributed by atoms with Crippen molar-refractivity contribution in [3.63, 3.8) is 0 Å². The highest BCUT2D eigenvalue weighted by Crippen LogP contribution is 2.26. The van der Waals surface area contributed by atoms with Crippen LogP contribution in [0.1, 0.15) is 45.1 Å². The number of nitrogens with zero attached hydrogens (tertiary/aromatic N) is 2. The lowest BCUT2D eigenvalue weighted by Crippen LogP contribution is -2.54. The van der Waals surface area contributed by atoms with Crippen molar-refractivity contribution < 1.29 is 14.3 Å². The third kappa shape index (κ3) is 5.22. The van der Waals surface area contributed by atoms with E-state index in [1.807, 2.05) is 24.3 Å². The van der Waals surface area contributed by atoms with E-state index in [1.54, 1.807) is 13.1 Å². The average molecular weight is 368 g/mol. The number of anilines is 1. The molecule has 144 valence electrons. The van der Waals surface area contributed by atoms with Crippen LogP contribution >= 0.6 is 0 Å². The quantitative estimate of drug-likeness (QED) is 0.663. The van der Waals surface area contributed by atoms with Crippen molar-refractivity contribution in [2.45, 2.75) is 45.6 Å². The Kier molecular flexibility index (Phi) is 6.32. The van der Waals surface area contributed by atoms with Gasteiger partial charge in [0.1, 0.15) is 29.2 Å². The number of Topliss-reactive ketones (excluding diaryl/α,β-unsaturated/α-hetero) is 1. The molecule has 0 aliphatic carbocycles. The molecule has 0 spiro atoms. The maximum absolute atomic E-state index is 11.3. The van der Waals surface area contributed by atoms with Gasteiger partial charge in [-0.3, -0.25) is 0 Å². The van der Waals surface area contributed by atoms with Gasteiger partial charge in [0.25, 0.3) is 0 Å². The van der Waals surface area contributed by atoms with Crippen molar-refractivity contribution in [3.8, 4) is 11.5 Å². The van der Waals surface area contributed by atoms with E-state index in [4.69, 9.17) is 9.47 Å². The van der Waals surface area contributed by atoms with Crippen LogP contribution in [0.25, 0.3) is 0 Å². The first-order valence-corrected chi connectivity index (χ1v) is 9.65. The van der Waals surface area contributed by atoms with Crippen LogP contribution in [0.15, 0.2) is 42.6 Å². The molecule has 27 heavy (non-hydrogen) atoms. The number of hydrogen-bond donors (Lipinski definition) is 0. The number of pyridine rings is 1. The SMILES string of the molecule is CCCOc1ccc(N2CC(Oc3ccc([C@H](C)CC(C)=O)cc3)C2)nc1. The van der Waals surface area contributed by atoms with E-state index in [0.29, 0.717) is 13.0 Å². The number of ether oxygens (including phenoxy) is 2. The summed E-state index contributed by atoms with van der Waals surface area (Å²) in [6, 6.07) is 12.0. The van der Waals surface area contributed by atoms with Crippen LogP contribution in [-0.4, -0.2) is 36.6 Å². The Hall–Kier alpha value is -2.56. The highest BCUT2D eigenvalue weighted by Gasteiger charge is 2.29. The lowest BCUT2D eigenvalue weighted by atomic mass is 9.96.